The largest absolute Gasteiger partial charge is 0.496 e. The number of rotatable bonds is 7. The van der Waals surface area contributed by atoms with Gasteiger partial charge >= 0.3 is 0 Å². The molecule has 0 heterocycles. The molecule has 0 bridgehead atoms. The number of para-hydroxylation sites is 1. The molecule has 0 atom stereocenters. The number of benzene rings is 2. The van der Waals surface area contributed by atoms with Gasteiger partial charge in [0.25, 0.3) is 0 Å². The molecule has 0 aliphatic rings. The predicted molar refractivity (Wildman–Crippen MR) is 112 cm³/mol. The maximum absolute atomic E-state index is 13.6. The van der Waals surface area contributed by atoms with Crippen molar-refractivity contribution >= 4 is 29.9 Å². The average Bonchev–Trinajstić information content (AvgIpc) is 2.63. The van der Waals surface area contributed by atoms with E-state index in [9.17, 15) is 8.78 Å². The molecule has 0 unspecified atom stereocenters. The van der Waals surface area contributed by atoms with E-state index in [1.165, 1.54) is 18.2 Å². The van der Waals surface area contributed by atoms with Crippen LogP contribution in [0.2, 0.25) is 0 Å². The van der Waals surface area contributed by atoms with E-state index in [1.54, 1.807) is 14.2 Å². The van der Waals surface area contributed by atoms with Gasteiger partial charge in [-0.25, -0.2) is 8.78 Å². The summed E-state index contributed by atoms with van der Waals surface area (Å²) in [5.74, 6) is 0.385. The van der Waals surface area contributed by atoms with Crippen LogP contribution in [0.25, 0.3) is 0 Å². The zero-order valence-electron chi connectivity index (χ0n) is 14.9. The minimum atomic E-state index is -0.527. The van der Waals surface area contributed by atoms with E-state index in [0.29, 0.717) is 19.0 Å². The molecule has 142 valence electrons. The molecule has 0 radical (unpaired) electrons. The Balaban J connectivity index is 0.00000338. The number of nitrogens with one attached hydrogen (secondary N) is 2. The predicted octanol–water partition coefficient (Wildman–Crippen LogP) is 3.54. The van der Waals surface area contributed by atoms with Crippen LogP contribution in [-0.4, -0.2) is 33.2 Å². The van der Waals surface area contributed by atoms with E-state index in [4.69, 9.17) is 4.74 Å². The van der Waals surface area contributed by atoms with Crippen molar-refractivity contribution in [1.29, 1.82) is 0 Å². The lowest BCUT2D eigenvalue weighted by Gasteiger charge is -2.13. The summed E-state index contributed by atoms with van der Waals surface area (Å²) in [4.78, 5) is 4.11. The first-order valence-electron chi connectivity index (χ1n) is 8.15. The van der Waals surface area contributed by atoms with E-state index >= 15 is 0 Å². The van der Waals surface area contributed by atoms with Crippen molar-refractivity contribution in [2.24, 2.45) is 4.99 Å². The van der Waals surface area contributed by atoms with Crippen LogP contribution in [-0.2, 0) is 12.8 Å². The first-order chi connectivity index (χ1) is 12.2. The Morgan fingerprint density at radius 3 is 2.19 bits per heavy atom. The van der Waals surface area contributed by atoms with Crippen molar-refractivity contribution in [1.82, 2.24) is 10.6 Å². The Morgan fingerprint density at radius 1 is 0.962 bits per heavy atom. The summed E-state index contributed by atoms with van der Waals surface area (Å²) >= 11 is 0. The highest BCUT2D eigenvalue weighted by molar-refractivity contribution is 14.0. The fourth-order valence-electron chi connectivity index (χ4n) is 2.52. The standard InChI is InChI=1S/C19H23F2N3O.HI/c1-22-19(23-12-10-14-6-3-4-9-18(14)25-2)24-13-11-15-16(20)7-5-8-17(15)21;/h3-9H,10-13H2,1-2H3,(H2,22,23,24);1H. The number of hydrogen-bond donors (Lipinski definition) is 2. The van der Waals surface area contributed by atoms with Crippen molar-refractivity contribution in [2.75, 3.05) is 27.2 Å². The van der Waals surface area contributed by atoms with Gasteiger partial charge in [0.2, 0.25) is 0 Å². The molecule has 0 aromatic heterocycles. The van der Waals surface area contributed by atoms with Crippen molar-refractivity contribution in [3.05, 3.63) is 65.2 Å². The zero-order chi connectivity index (χ0) is 18.1. The fraction of sp³-hybridized carbons (Fsp3) is 0.316. The molecule has 2 N–H and O–H groups in total. The highest BCUT2D eigenvalue weighted by Gasteiger charge is 2.08. The van der Waals surface area contributed by atoms with Crippen LogP contribution < -0.4 is 15.4 Å². The molecule has 0 aliphatic heterocycles. The SMILES string of the molecule is CN=C(NCCc1ccccc1OC)NCCc1c(F)cccc1F.I. The van der Waals surface area contributed by atoms with Gasteiger partial charge in [0, 0.05) is 25.7 Å². The molecule has 0 saturated carbocycles. The molecule has 26 heavy (non-hydrogen) atoms. The summed E-state index contributed by atoms with van der Waals surface area (Å²) < 4.78 is 32.5. The van der Waals surface area contributed by atoms with Gasteiger partial charge in [-0.05, 0) is 36.6 Å². The summed E-state index contributed by atoms with van der Waals surface area (Å²) in [6.07, 6.45) is 1.01. The van der Waals surface area contributed by atoms with Crippen LogP contribution in [0.1, 0.15) is 11.1 Å². The zero-order valence-corrected chi connectivity index (χ0v) is 17.2. The third kappa shape index (κ3) is 6.44. The number of hydrogen-bond acceptors (Lipinski definition) is 2. The third-order valence-corrected chi connectivity index (χ3v) is 3.83. The van der Waals surface area contributed by atoms with Crippen LogP contribution in [0.15, 0.2) is 47.5 Å². The van der Waals surface area contributed by atoms with Crippen molar-refractivity contribution in [3.8, 4) is 5.75 Å². The Hall–Kier alpha value is -1.90. The molecule has 0 aliphatic carbocycles. The maximum Gasteiger partial charge on any atom is 0.190 e. The molecule has 2 rings (SSSR count). The second-order valence-electron chi connectivity index (χ2n) is 5.44. The van der Waals surface area contributed by atoms with Crippen LogP contribution in [0.4, 0.5) is 8.78 Å². The molecule has 0 saturated heterocycles. The van der Waals surface area contributed by atoms with Gasteiger partial charge in [0.1, 0.15) is 17.4 Å². The van der Waals surface area contributed by atoms with Crippen LogP contribution in [0, 0.1) is 11.6 Å². The highest BCUT2D eigenvalue weighted by Crippen LogP contribution is 2.17. The topological polar surface area (TPSA) is 45.7 Å². The Bertz CT molecular complexity index is 705. The van der Waals surface area contributed by atoms with Gasteiger partial charge in [-0.1, -0.05) is 24.3 Å². The van der Waals surface area contributed by atoms with E-state index in [0.717, 1.165) is 17.7 Å². The van der Waals surface area contributed by atoms with Crippen molar-refractivity contribution in [3.63, 3.8) is 0 Å². The summed E-state index contributed by atoms with van der Waals surface area (Å²) in [5, 5.41) is 6.24. The number of guanidine groups is 1. The maximum atomic E-state index is 13.6. The van der Waals surface area contributed by atoms with Gasteiger partial charge in [0.15, 0.2) is 5.96 Å². The molecule has 2 aromatic rings. The van der Waals surface area contributed by atoms with E-state index in [1.807, 2.05) is 24.3 Å². The quantitative estimate of drug-likeness (QED) is 0.366. The Morgan fingerprint density at radius 2 is 1.58 bits per heavy atom. The molecule has 0 fully saturated rings. The summed E-state index contributed by atoms with van der Waals surface area (Å²) in [7, 11) is 3.30. The molecule has 0 spiro atoms. The van der Waals surface area contributed by atoms with E-state index < -0.39 is 11.6 Å². The number of ether oxygens (including phenoxy) is 1. The first-order valence-corrected chi connectivity index (χ1v) is 8.15. The summed E-state index contributed by atoms with van der Waals surface area (Å²) in [5.41, 5.74) is 1.18. The average molecular weight is 475 g/mol. The molecular weight excluding hydrogens is 451 g/mol. The molecule has 0 amide bonds. The van der Waals surface area contributed by atoms with Crippen LogP contribution in [0.5, 0.6) is 5.75 Å². The second kappa shape index (κ2) is 11.7. The van der Waals surface area contributed by atoms with Gasteiger partial charge in [-0.15, -0.1) is 24.0 Å². The molecule has 7 heteroatoms. The van der Waals surface area contributed by atoms with Crippen LogP contribution >= 0.6 is 24.0 Å². The van der Waals surface area contributed by atoms with Gasteiger partial charge in [-0.3, -0.25) is 4.99 Å². The lowest BCUT2D eigenvalue weighted by molar-refractivity contribution is 0.409. The number of methoxy groups -OCH3 is 1. The Labute approximate surface area is 170 Å². The third-order valence-electron chi connectivity index (χ3n) is 3.83. The van der Waals surface area contributed by atoms with Gasteiger partial charge in [0.05, 0.1) is 7.11 Å². The monoisotopic (exact) mass is 475 g/mol. The number of halogens is 3. The number of aliphatic imine (C=N–C) groups is 1. The molecular formula is C19H24F2IN3O. The number of nitrogens with zero attached hydrogens (tertiary/aromatic N) is 1. The fourth-order valence-corrected chi connectivity index (χ4v) is 2.52. The van der Waals surface area contributed by atoms with Crippen molar-refractivity contribution < 1.29 is 13.5 Å². The normalized spacial score (nSPS) is 10.8. The van der Waals surface area contributed by atoms with Crippen molar-refractivity contribution in [2.45, 2.75) is 12.8 Å². The molecule has 4 nitrogen and oxygen atoms in total. The van der Waals surface area contributed by atoms with Gasteiger partial charge in [-0.2, -0.15) is 0 Å². The lowest BCUT2D eigenvalue weighted by atomic mass is 10.1. The van der Waals surface area contributed by atoms with Crippen LogP contribution in [0.3, 0.4) is 0 Å². The Kier molecular flexibility index (Phi) is 9.93. The molecule has 2 aromatic carbocycles. The minimum absolute atomic E-state index is 0. The smallest absolute Gasteiger partial charge is 0.190 e. The summed E-state index contributed by atoms with van der Waals surface area (Å²) in [6, 6.07) is 11.7. The lowest BCUT2D eigenvalue weighted by Crippen LogP contribution is -2.39. The van der Waals surface area contributed by atoms with E-state index in [-0.39, 0.29) is 36.0 Å². The van der Waals surface area contributed by atoms with Gasteiger partial charge < -0.3 is 15.4 Å². The first kappa shape index (κ1) is 22.1. The minimum Gasteiger partial charge on any atom is -0.496 e. The summed E-state index contributed by atoms with van der Waals surface area (Å²) in [6.45, 7) is 1.04. The van der Waals surface area contributed by atoms with E-state index in [2.05, 4.69) is 15.6 Å². The second-order valence-corrected chi connectivity index (χ2v) is 5.44. The highest BCUT2D eigenvalue weighted by atomic mass is 127.